The van der Waals surface area contributed by atoms with Crippen LogP contribution in [0.2, 0.25) is 0 Å². The predicted octanol–water partition coefficient (Wildman–Crippen LogP) is 4.44. The highest BCUT2D eigenvalue weighted by atomic mass is 16.4. The summed E-state index contributed by atoms with van der Waals surface area (Å²) in [4.78, 5) is 0. The molecule has 1 saturated carbocycles. The first-order valence-corrected chi connectivity index (χ1v) is 7.01. The Hall–Kier alpha value is -1.28. The molecule has 1 aliphatic rings. The summed E-state index contributed by atoms with van der Waals surface area (Å²) in [5, 5.41) is 11.6. The van der Waals surface area contributed by atoms with Gasteiger partial charge in [-0.3, -0.25) is 0 Å². The minimum atomic E-state index is -0.435. The van der Waals surface area contributed by atoms with Crippen LogP contribution in [0.4, 0.5) is 0 Å². The van der Waals surface area contributed by atoms with Gasteiger partial charge in [0, 0.05) is 5.39 Å². The lowest BCUT2D eigenvalue weighted by Crippen LogP contribution is -2.11. The second-order valence-corrected chi connectivity index (χ2v) is 5.38. The molecule has 1 heterocycles. The Morgan fingerprint density at radius 2 is 1.78 bits per heavy atom. The SMILES string of the molecule is O[C@@H](c1cc2ccccc2o1)C1CCCCCC1. The molecule has 0 amide bonds. The van der Waals surface area contributed by atoms with Gasteiger partial charge in [-0.25, -0.2) is 0 Å². The van der Waals surface area contributed by atoms with E-state index >= 15 is 0 Å². The minimum Gasteiger partial charge on any atom is -0.458 e. The van der Waals surface area contributed by atoms with Crippen molar-refractivity contribution >= 4 is 11.0 Å². The maximum Gasteiger partial charge on any atom is 0.134 e. The zero-order chi connectivity index (χ0) is 12.4. The third-order valence-electron chi connectivity index (χ3n) is 4.08. The fourth-order valence-electron chi connectivity index (χ4n) is 3.01. The summed E-state index contributed by atoms with van der Waals surface area (Å²) in [5.41, 5.74) is 0.875. The third kappa shape index (κ3) is 2.30. The summed E-state index contributed by atoms with van der Waals surface area (Å²) < 4.78 is 5.77. The Morgan fingerprint density at radius 1 is 1.06 bits per heavy atom. The van der Waals surface area contributed by atoms with Gasteiger partial charge in [-0.15, -0.1) is 0 Å². The summed E-state index contributed by atoms with van der Waals surface area (Å²) in [5.74, 6) is 1.11. The normalized spacial score (nSPS) is 19.8. The number of fused-ring (bicyclic) bond motifs is 1. The van der Waals surface area contributed by atoms with E-state index in [0.717, 1.165) is 29.6 Å². The van der Waals surface area contributed by atoms with Gasteiger partial charge in [-0.1, -0.05) is 43.9 Å². The molecule has 1 N–H and O–H groups in total. The predicted molar refractivity (Wildman–Crippen MR) is 72.4 cm³/mol. The highest BCUT2D eigenvalue weighted by Gasteiger charge is 2.24. The van der Waals surface area contributed by atoms with Crippen LogP contribution >= 0.6 is 0 Å². The summed E-state index contributed by atoms with van der Waals surface area (Å²) in [6.07, 6.45) is 6.91. The Balaban J connectivity index is 1.83. The van der Waals surface area contributed by atoms with Crippen LogP contribution in [0.1, 0.15) is 50.4 Å². The molecule has 2 aromatic rings. The first-order valence-electron chi connectivity index (χ1n) is 7.01. The number of benzene rings is 1. The second kappa shape index (κ2) is 5.15. The number of furan rings is 1. The van der Waals surface area contributed by atoms with Crippen molar-refractivity contribution < 1.29 is 9.52 Å². The van der Waals surface area contributed by atoms with Crippen LogP contribution in [0.3, 0.4) is 0 Å². The molecule has 0 saturated heterocycles. The molecule has 96 valence electrons. The van der Waals surface area contributed by atoms with Crippen LogP contribution in [0.5, 0.6) is 0 Å². The van der Waals surface area contributed by atoms with Gasteiger partial charge in [0.2, 0.25) is 0 Å². The van der Waals surface area contributed by atoms with E-state index in [-0.39, 0.29) is 0 Å². The molecule has 2 heteroatoms. The highest BCUT2D eigenvalue weighted by Crippen LogP contribution is 2.35. The number of hydrogen-bond acceptors (Lipinski definition) is 2. The molecular weight excluding hydrogens is 224 g/mol. The molecule has 1 aromatic heterocycles. The number of rotatable bonds is 2. The summed E-state index contributed by atoms with van der Waals surface area (Å²) >= 11 is 0. The molecule has 1 fully saturated rings. The van der Waals surface area contributed by atoms with Crippen molar-refractivity contribution in [3.63, 3.8) is 0 Å². The van der Waals surface area contributed by atoms with Gasteiger partial charge in [-0.05, 0) is 30.9 Å². The fourth-order valence-corrected chi connectivity index (χ4v) is 3.01. The molecule has 0 aliphatic heterocycles. The molecule has 0 radical (unpaired) electrons. The minimum absolute atomic E-state index is 0.369. The first-order chi connectivity index (χ1) is 8.84. The van der Waals surface area contributed by atoms with Gasteiger partial charge in [-0.2, -0.15) is 0 Å². The van der Waals surface area contributed by atoms with Crippen molar-refractivity contribution in [1.82, 2.24) is 0 Å². The standard InChI is InChI=1S/C16H20O2/c17-16(12-7-3-1-2-4-8-12)15-11-13-9-5-6-10-14(13)18-15/h5-6,9-12,16-17H,1-4,7-8H2/t16-/m1/s1. The van der Waals surface area contributed by atoms with E-state index in [1.54, 1.807) is 0 Å². The average molecular weight is 244 g/mol. The Labute approximate surface area is 108 Å². The molecule has 2 nitrogen and oxygen atoms in total. The monoisotopic (exact) mass is 244 g/mol. The lowest BCUT2D eigenvalue weighted by Gasteiger charge is -2.18. The van der Waals surface area contributed by atoms with Gasteiger partial charge in [0.25, 0.3) is 0 Å². The molecule has 0 unspecified atom stereocenters. The van der Waals surface area contributed by atoms with E-state index in [1.807, 2.05) is 30.3 Å². The maximum absolute atomic E-state index is 10.5. The number of hydrogen-bond donors (Lipinski definition) is 1. The summed E-state index contributed by atoms with van der Waals surface area (Å²) in [7, 11) is 0. The van der Waals surface area contributed by atoms with Crippen molar-refractivity contribution in [2.75, 3.05) is 0 Å². The molecular formula is C16H20O2. The largest absolute Gasteiger partial charge is 0.458 e. The van der Waals surface area contributed by atoms with E-state index in [9.17, 15) is 5.11 Å². The van der Waals surface area contributed by atoms with Crippen molar-refractivity contribution in [3.8, 4) is 0 Å². The van der Waals surface area contributed by atoms with Crippen molar-refractivity contribution in [2.24, 2.45) is 5.92 Å². The van der Waals surface area contributed by atoms with E-state index < -0.39 is 6.10 Å². The fraction of sp³-hybridized carbons (Fsp3) is 0.500. The van der Waals surface area contributed by atoms with E-state index in [0.29, 0.717) is 5.92 Å². The van der Waals surface area contributed by atoms with Crippen LogP contribution in [0.15, 0.2) is 34.7 Å². The summed E-state index contributed by atoms with van der Waals surface area (Å²) in [6, 6.07) is 9.94. The smallest absolute Gasteiger partial charge is 0.134 e. The van der Waals surface area contributed by atoms with Gasteiger partial charge in [0.1, 0.15) is 17.4 Å². The maximum atomic E-state index is 10.5. The lowest BCUT2D eigenvalue weighted by atomic mass is 9.92. The van der Waals surface area contributed by atoms with Gasteiger partial charge in [0.15, 0.2) is 0 Å². The number of aliphatic hydroxyl groups excluding tert-OH is 1. The molecule has 3 rings (SSSR count). The molecule has 1 aliphatic carbocycles. The van der Waals surface area contributed by atoms with Gasteiger partial charge >= 0.3 is 0 Å². The van der Waals surface area contributed by atoms with E-state index in [1.165, 1.54) is 25.7 Å². The molecule has 0 spiro atoms. The van der Waals surface area contributed by atoms with E-state index in [2.05, 4.69) is 0 Å². The topological polar surface area (TPSA) is 33.4 Å². The van der Waals surface area contributed by atoms with Crippen LogP contribution in [0.25, 0.3) is 11.0 Å². The first kappa shape index (κ1) is 11.8. The van der Waals surface area contributed by atoms with Crippen molar-refractivity contribution in [3.05, 3.63) is 36.1 Å². The van der Waals surface area contributed by atoms with Crippen LogP contribution in [-0.2, 0) is 0 Å². The zero-order valence-corrected chi connectivity index (χ0v) is 10.6. The average Bonchev–Trinajstić information content (AvgIpc) is 2.64. The molecule has 0 bridgehead atoms. The number of aliphatic hydroxyl groups is 1. The highest BCUT2D eigenvalue weighted by molar-refractivity contribution is 5.77. The van der Waals surface area contributed by atoms with Crippen molar-refractivity contribution in [1.29, 1.82) is 0 Å². The van der Waals surface area contributed by atoms with Gasteiger partial charge in [0.05, 0.1) is 0 Å². The zero-order valence-electron chi connectivity index (χ0n) is 10.6. The van der Waals surface area contributed by atoms with Crippen LogP contribution < -0.4 is 0 Å². The Kier molecular flexibility index (Phi) is 3.37. The summed E-state index contributed by atoms with van der Waals surface area (Å²) in [6.45, 7) is 0. The van der Waals surface area contributed by atoms with Crippen molar-refractivity contribution in [2.45, 2.75) is 44.6 Å². The van der Waals surface area contributed by atoms with Crippen LogP contribution in [0, 0.1) is 5.92 Å². The molecule has 1 atom stereocenters. The molecule has 1 aromatic carbocycles. The van der Waals surface area contributed by atoms with Gasteiger partial charge < -0.3 is 9.52 Å². The quantitative estimate of drug-likeness (QED) is 0.792. The second-order valence-electron chi connectivity index (χ2n) is 5.38. The van der Waals surface area contributed by atoms with E-state index in [4.69, 9.17) is 4.42 Å². The lowest BCUT2D eigenvalue weighted by molar-refractivity contribution is 0.0791. The molecule has 18 heavy (non-hydrogen) atoms. The third-order valence-corrected chi connectivity index (χ3v) is 4.08. The Bertz CT molecular complexity index is 474. The van der Waals surface area contributed by atoms with Crippen LogP contribution in [-0.4, -0.2) is 5.11 Å². The Morgan fingerprint density at radius 3 is 2.50 bits per heavy atom. The number of para-hydroxylation sites is 1.